The van der Waals surface area contributed by atoms with Crippen molar-refractivity contribution in [1.82, 2.24) is 29.3 Å². The topological polar surface area (TPSA) is 122 Å². The SMILES string of the molecule is Cn1nc2c(c1-c1ccccc1)C(=O)C[C@H]1C(C)(C)C(=O)C=C[C@]21C.Cn1nc2c(c1-c1ccccc1)CCC1=CC(=O)C=C[C@@]12C.Cn1nc2c(c1-c1ccccc1)CC[C@H]1CC(=O)C=C[C@]21C. The lowest BCUT2D eigenvalue weighted by atomic mass is 9.53. The van der Waals surface area contributed by atoms with E-state index in [0.29, 0.717) is 24.3 Å². The minimum Gasteiger partial charge on any atom is -0.295 e. The van der Waals surface area contributed by atoms with Gasteiger partial charge in [-0.25, -0.2) is 0 Å². The monoisotopic (exact) mass is 916 g/mol. The summed E-state index contributed by atoms with van der Waals surface area (Å²) in [4.78, 5) is 48.9. The van der Waals surface area contributed by atoms with Crippen LogP contribution in [0.3, 0.4) is 0 Å². The van der Waals surface area contributed by atoms with Crippen LogP contribution in [0, 0.1) is 17.3 Å². The van der Waals surface area contributed by atoms with Crippen molar-refractivity contribution < 1.29 is 19.2 Å². The molecule has 3 aromatic carbocycles. The van der Waals surface area contributed by atoms with Crippen molar-refractivity contribution in [2.75, 3.05) is 0 Å². The van der Waals surface area contributed by atoms with E-state index in [0.717, 1.165) is 54.0 Å². The molecule has 0 amide bonds. The van der Waals surface area contributed by atoms with Gasteiger partial charge in [0.2, 0.25) is 0 Å². The van der Waals surface area contributed by atoms with E-state index in [1.165, 1.54) is 39.2 Å². The second-order valence-corrected chi connectivity index (χ2v) is 20.9. The molecule has 6 aliphatic carbocycles. The fourth-order valence-corrected chi connectivity index (χ4v) is 12.4. The van der Waals surface area contributed by atoms with Gasteiger partial charge in [0.15, 0.2) is 23.1 Å². The Morgan fingerprint density at radius 1 is 0.536 bits per heavy atom. The normalized spacial score (nSPS) is 25.7. The standard InChI is InChI=1S/C21H22N2O2.C19H20N2O.C19H18N2O/c1-20(2)15-12-14(24)17-18(13-8-6-5-7-9-13)23(4)22-19(17)21(15,3)11-10-16(20)25;2*1-19-11-10-15(22)12-14(19)8-9-16-17(21(2)20-18(16)19)13-6-4-3-5-7-13/h5-11,15H,12H2,1-4H3;3-7,10-11,14H,8-9,12H2,1-2H3;3-7,10-12H,8-9H2,1-2H3/t15-,21-;14-,19-;19-/m000/s1. The summed E-state index contributed by atoms with van der Waals surface area (Å²) in [5, 5.41) is 14.4. The Bertz CT molecular complexity index is 3200. The first-order valence-electron chi connectivity index (χ1n) is 24.2. The van der Waals surface area contributed by atoms with Crippen molar-refractivity contribution in [3.05, 3.63) is 173 Å². The van der Waals surface area contributed by atoms with Crippen LogP contribution in [0.25, 0.3) is 33.8 Å². The molecule has 10 nitrogen and oxygen atoms in total. The molecule has 0 fully saturated rings. The van der Waals surface area contributed by atoms with Gasteiger partial charge < -0.3 is 0 Å². The molecular weight excluding hydrogens is 857 g/mol. The third kappa shape index (κ3) is 7.41. The Hall–Kier alpha value is -7.07. The van der Waals surface area contributed by atoms with Crippen LogP contribution < -0.4 is 0 Å². The molecule has 6 aromatic rings. The molecule has 0 unspecified atom stereocenters. The average Bonchev–Trinajstić information content (AvgIpc) is 4.01. The quantitative estimate of drug-likeness (QED) is 0.173. The van der Waals surface area contributed by atoms with E-state index in [-0.39, 0.29) is 39.9 Å². The summed E-state index contributed by atoms with van der Waals surface area (Å²) in [5.41, 5.74) is 13.0. The molecule has 12 rings (SSSR count). The highest BCUT2D eigenvalue weighted by molar-refractivity contribution is 6.06. The van der Waals surface area contributed by atoms with Crippen LogP contribution in [0.5, 0.6) is 0 Å². The van der Waals surface area contributed by atoms with Crippen LogP contribution in [0.1, 0.15) is 98.9 Å². The first kappa shape index (κ1) is 45.7. The minimum atomic E-state index is -0.568. The van der Waals surface area contributed by atoms with Crippen LogP contribution in [0.15, 0.2) is 139 Å². The van der Waals surface area contributed by atoms with E-state index < -0.39 is 10.8 Å². The number of Topliss-reactive ketones (excluding diaryl/α,β-unsaturated/α-hetero) is 1. The van der Waals surface area contributed by atoms with Crippen LogP contribution >= 0.6 is 0 Å². The molecule has 0 spiro atoms. The Morgan fingerprint density at radius 2 is 1.06 bits per heavy atom. The molecule has 0 aliphatic heterocycles. The number of aryl methyl sites for hydroxylation is 3. The largest absolute Gasteiger partial charge is 0.295 e. The molecule has 0 saturated heterocycles. The van der Waals surface area contributed by atoms with E-state index in [1.54, 1.807) is 24.3 Å². The number of benzene rings is 3. The number of hydrogen-bond acceptors (Lipinski definition) is 7. The maximum absolute atomic E-state index is 13.1. The first-order chi connectivity index (χ1) is 33.0. The van der Waals surface area contributed by atoms with Crippen molar-refractivity contribution in [1.29, 1.82) is 0 Å². The number of hydrogen-bond donors (Lipinski definition) is 0. The zero-order chi connectivity index (χ0) is 48.6. The molecule has 69 heavy (non-hydrogen) atoms. The molecule has 3 aromatic heterocycles. The summed E-state index contributed by atoms with van der Waals surface area (Å²) in [6.45, 7) is 10.4. The summed E-state index contributed by atoms with van der Waals surface area (Å²) < 4.78 is 5.80. The molecule has 6 aliphatic rings. The fraction of sp³-hybridized carbons (Fsp3) is 0.339. The zero-order valence-corrected chi connectivity index (χ0v) is 40.9. The lowest BCUT2D eigenvalue weighted by molar-refractivity contribution is -0.127. The second-order valence-electron chi connectivity index (χ2n) is 20.9. The Morgan fingerprint density at radius 3 is 1.67 bits per heavy atom. The summed E-state index contributed by atoms with van der Waals surface area (Å²) >= 11 is 0. The summed E-state index contributed by atoms with van der Waals surface area (Å²) in [6.07, 6.45) is 17.9. The van der Waals surface area contributed by atoms with Crippen LogP contribution in [-0.4, -0.2) is 52.5 Å². The average molecular weight is 917 g/mol. The van der Waals surface area contributed by atoms with Crippen LogP contribution in [0.2, 0.25) is 0 Å². The third-order valence-corrected chi connectivity index (χ3v) is 16.3. The van der Waals surface area contributed by atoms with Gasteiger partial charge in [0.1, 0.15) is 0 Å². The highest BCUT2D eigenvalue weighted by Gasteiger charge is 2.55. The molecule has 3 heterocycles. The van der Waals surface area contributed by atoms with Gasteiger partial charge in [0.05, 0.1) is 45.1 Å². The zero-order valence-electron chi connectivity index (χ0n) is 40.9. The van der Waals surface area contributed by atoms with Crippen molar-refractivity contribution in [3.8, 4) is 33.8 Å². The number of carbonyl (C=O) groups excluding carboxylic acids is 4. The predicted octanol–water partition coefficient (Wildman–Crippen LogP) is 10.5. The van der Waals surface area contributed by atoms with Gasteiger partial charge in [-0.1, -0.05) is 142 Å². The van der Waals surface area contributed by atoms with Crippen LogP contribution in [-0.2, 0) is 64.6 Å². The fourth-order valence-electron chi connectivity index (χ4n) is 12.4. The van der Waals surface area contributed by atoms with E-state index in [2.05, 4.69) is 75.4 Å². The molecule has 10 heteroatoms. The maximum atomic E-state index is 13.1. The van der Waals surface area contributed by atoms with Crippen molar-refractivity contribution in [2.45, 2.75) is 89.4 Å². The van der Waals surface area contributed by atoms with E-state index >= 15 is 0 Å². The molecular formula is C59H60N6O4. The molecule has 350 valence electrons. The Kier molecular flexibility index (Phi) is 11.2. The number of ketones is 4. The van der Waals surface area contributed by atoms with Gasteiger partial charge in [0, 0.05) is 78.0 Å². The summed E-state index contributed by atoms with van der Waals surface area (Å²) in [6, 6.07) is 30.8. The molecule has 0 N–H and O–H groups in total. The summed E-state index contributed by atoms with van der Waals surface area (Å²) in [7, 11) is 5.91. The second kappa shape index (κ2) is 16.9. The lowest BCUT2D eigenvalue weighted by Crippen LogP contribution is -2.50. The lowest BCUT2D eigenvalue weighted by Gasteiger charge is -2.48. The van der Waals surface area contributed by atoms with Crippen LogP contribution in [0.4, 0.5) is 0 Å². The summed E-state index contributed by atoms with van der Waals surface area (Å²) in [5.74, 6) is 0.832. The maximum Gasteiger partial charge on any atom is 0.178 e. The predicted molar refractivity (Wildman–Crippen MR) is 269 cm³/mol. The van der Waals surface area contributed by atoms with E-state index in [4.69, 9.17) is 15.3 Å². The van der Waals surface area contributed by atoms with Gasteiger partial charge >= 0.3 is 0 Å². The van der Waals surface area contributed by atoms with Crippen molar-refractivity contribution >= 4 is 23.1 Å². The van der Waals surface area contributed by atoms with Crippen molar-refractivity contribution in [3.63, 3.8) is 0 Å². The van der Waals surface area contributed by atoms with E-state index in [1.807, 2.05) is 104 Å². The van der Waals surface area contributed by atoms with Crippen molar-refractivity contribution in [2.24, 2.45) is 38.4 Å². The first-order valence-corrected chi connectivity index (χ1v) is 24.2. The van der Waals surface area contributed by atoms with Gasteiger partial charge in [-0.3, -0.25) is 33.2 Å². The number of nitrogens with zero attached hydrogens (tertiary/aromatic N) is 6. The Balaban J connectivity index is 0.000000121. The molecule has 5 atom stereocenters. The number of aromatic nitrogens is 6. The highest BCUT2D eigenvalue weighted by atomic mass is 16.1. The smallest absolute Gasteiger partial charge is 0.178 e. The van der Waals surface area contributed by atoms with Gasteiger partial charge in [-0.2, -0.15) is 15.3 Å². The van der Waals surface area contributed by atoms with E-state index in [9.17, 15) is 19.2 Å². The molecule has 0 saturated carbocycles. The Labute approximate surface area is 404 Å². The number of allylic oxidation sites excluding steroid dienone is 8. The van der Waals surface area contributed by atoms with Gasteiger partial charge in [-0.15, -0.1) is 0 Å². The molecule has 0 bridgehead atoms. The number of fused-ring (bicyclic) bond motifs is 9. The van der Waals surface area contributed by atoms with Gasteiger partial charge in [0.25, 0.3) is 0 Å². The number of carbonyl (C=O) groups is 4. The number of rotatable bonds is 3. The minimum absolute atomic E-state index is 0.0731. The molecule has 0 radical (unpaired) electrons. The van der Waals surface area contributed by atoms with Gasteiger partial charge in [-0.05, 0) is 68.7 Å². The highest BCUT2D eigenvalue weighted by Crippen LogP contribution is 2.54. The third-order valence-electron chi connectivity index (χ3n) is 16.3.